The average molecular weight is 322 g/mol. The van der Waals surface area contributed by atoms with Gasteiger partial charge >= 0.3 is 0 Å². The molecule has 1 aromatic carbocycles. The first kappa shape index (κ1) is 14.6. The summed E-state index contributed by atoms with van der Waals surface area (Å²) in [7, 11) is 0. The van der Waals surface area contributed by atoms with Crippen molar-refractivity contribution in [1.82, 2.24) is 0 Å². The van der Waals surface area contributed by atoms with Gasteiger partial charge in [-0.15, -0.1) is 0 Å². The third-order valence-corrected chi connectivity index (χ3v) is 2.56. The van der Waals surface area contributed by atoms with Gasteiger partial charge in [0.05, 0.1) is 16.6 Å². The maximum Gasteiger partial charge on any atom is 0.271 e. The van der Waals surface area contributed by atoms with E-state index in [4.69, 9.17) is 5.26 Å². The summed E-state index contributed by atoms with van der Waals surface area (Å²) in [6.45, 7) is 0. The molecule has 0 unspecified atom stereocenters. The highest BCUT2D eigenvalue weighted by Crippen LogP contribution is 2.29. The Labute approximate surface area is 117 Å². The minimum atomic E-state index is -0.662. The van der Waals surface area contributed by atoms with Crippen LogP contribution in [0.5, 0.6) is 5.75 Å². The number of hydrogen-bond acceptors (Lipinski definition) is 4. The fourth-order valence-electron chi connectivity index (χ4n) is 1.11. The van der Waals surface area contributed by atoms with Crippen LogP contribution in [0.4, 0.5) is 5.69 Å². The SMILES string of the molecule is N#Cc1cc([N+](=O)[O-])cc(Br)c1[O-].c1cc[nH+]cc1. The fourth-order valence-corrected chi connectivity index (χ4v) is 1.56. The number of nitro groups is 1. The van der Waals surface area contributed by atoms with Crippen molar-refractivity contribution in [2.75, 3.05) is 0 Å². The van der Waals surface area contributed by atoms with E-state index in [9.17, 15) is 15.2 Å². The molecule has 0 aliphatic rings. The summed E-state index contributed by atoms with van der Waals surface area (Å²) in [6.07, 6.45) is 3.75. The Morgan fingerprint density at radius 1 is 1.26 bits per heavy atom. The van der Waals surface area contributed by atoms with E-state index >= 15 is 0 Å². The quantitative estimate of drug-likeness (QED) is 0.589. The Hall–Kier alpha value is -2.46. The Balaban J connectivity index is 0.000000250. The van der Waals surface area contributed by atoms with Gasteiger partial charge in [-0.3, -0.25) is 10.1 Å². The molecule has 2 rings (SSSR count). The lowest BCUT2D eigenvalue weighted by molar-refractivity contribution is -0.385. The third kappa shape index (κ3) is 4.37. The Morgan fingerprint density at radius 2 is 1.89 bits per heavy atom. The lowest BCUT2D eigenvalue weighted by Crippen LogP contribution is -1.97. The van der Waals surface area contributed by atoms with Crippen molar-refractivity contribution in [1.29, 1.82) is 5.26 Å². The number of hydrogen-bond donors (Lipinski definition) is 0. The van der Waals surface area contributed by atoms with E-state index in [0.717, 1.165) is 12.1 Å². The molecule has 0 saturated heterocycles. The molecule has 0 radical (unpaired) electrons. The van der Waals surface area contributed by atoms with Gasteiger partial charge in [0, 0.05) is 28.7 Å². The molecule has 1 aromatic heterocycles. The molecule has 0 atom stereocenters. The topological polar surface area (TPSA) is 104 Å². The second-order valence-corrected chi connectivity index (χ2v) is 4.10. The molecule has 6 nitrogen and oxygen atoms in total. The van der Waals surface area contributed by atoms with Crippen molar-refractivity contribution in [3.05, 3.63) is 62.9 Å². The van der Waals surface area contributed by atoms with Crippen LogP contribution in [0.25, 0.3) is 0 Å². The summed E-state index contributed by atoms with van der Waals surface area (Å²) >= 11 is 2.84. The summed E-state index contributed by atoms with van der Waals surface area (Å²) in [5.41, 5.74) is -0.510. The number of nitrogens with zero attached hydrogens (tertiary/aromatic N) is 2. The number of pyridine rings is 1. The molecule has 0 bridgehead atoms. The number of halogens is 1. The van der Waals surface area contributed by atoms with E-state index < -0.39 is 10.7 Å². The van der Waals surface area contributed by atoms with Crippen molar-refractivity contribution in [3.8, 4) is 11.8 Å². The predicted octanol–water partition coefficient (Wildman–Crippen LogP) is 1.80. The zero-order valence-electron chi connectivity index (χ0n) is 9.54. The van der Waals surface area contributed by atoms with Gasteiger partial charge in [0.15, 0.2) is 12.4 Å². The number of rotatable bonds is 1. The number of H-pyrrole nitrogens is 1. The second kappa shape index (κ2) is 7.08. The van der Waals surface area contributed by atoms with Gasteiger partial charge in [-0.1, -0.05) is 27.7 Å². The number of nitrogens with one attached hydrogen (secondary N) is 1. The van der Waals surface area contributed by atoms with E-state index in [-0.39, 0.29) is 15.7 Å². The van der Waals surface area contributed by atoms with Crippen LogP contribution in [0.3, 0.4) is 0 Å². The van der Waals surface area contributed by atoms with Gasteiger partial charge in [0.2, 0.25) is 0 Å². The van der Waals surface area contributed by atoms with Crippen LogP contribution in [0.15, 0.2) is 47.2 Å². The van der Waals surface area contributed by atoms with Gasteiger partial charge < -0.3 is 5.11 Å². The summed E-state index contributed by atoms with van der Waals surface area (Å²) in [5, 5.41) is 29.8. The van der Waals surface area contributed by atoms with Crippen molar-refractivity contribution >= 4 is 21.6 Å². The highest BCUT2D eigenvalue weighted by Gasteiger charge is 2.09. The van der Waals surface area contributed by atoms with Crippen LogP contribution in [0.1, 0.15) is 5.56 Å². The molecule has 7 heteroatoms. The van der Waals surface area contributed by atoms with Crippen molar-refractivity contribution < 1.29 is 15.0 Å². The lowest BCUT2D eigenvalue weighted by Gasteiger charge is -2.09. The Kier molecular flexibility index (Phi) is 5.44. The van der Waals surface area contributed by atoms with Gasteiger partial charge in [-0.05, 0) is 0 Å². The van der Waals surface area contributed by atoms with E-state index in [1.807, 2.05) is 30.6 Å². The maximum absolute atomic E-state index is 11.1. The number of benzene rings is 1. The molecular weight excluding hydrogens is 314 g/mol. The molecule has 96 valence electrons. The zero-order valence-corrected chi connectivity index (χ0v) is 11.1. The molecule has 0 spiro atoms. The average Bonchev–Trinajstić information content (AvgIpc) is 2.44. The Bertz CT molecular complexity index is 585. The van der Waals surface area contributed by atoms with Crippen molar-refractivity contribution in [3.63, 3.8) is 0 Å². The smallest absolute Gasteiger partial charge is 0.271 e. The highest BCUT2D eigenvalue weighted by molar-refractivity contribution is 9.10. The van der Waals surface area contributed by atoms with Crippen molar-refractivity contribution in [2.24, 2.45) is 0 Å². The minimum Gasteiger partial charge on any atom is -0.871 e. The molecule has 0 aliphatic heterocycles. The molecule has 0 aliphatic carbocycles. The van der Waals surface area contributed by atoms with Gasteiger partial charge in [0.25, 0.3) is 5.69 Å². The predicted molar refractivity (Wildman–Crippen MR) is 68.0 cm³/mol. The standard InChI is InChI=1S/C7H3BrN2O3.C5H5N/c8-6-2-5(10(12)13)1-4(3-9)7(6)11;1-2-4-6-5-3-1/h1-2,11H;1-5H. The zero-order chi connectivity index (χ0) is 14.3. The fraction of sp³-hybridized carbons (Fsp3) is 0. The monoisotopic (exact) mass is 321 g/mol. The molecule has 1 N–H and O–H groups in total. The molecule has 0 amide bonds. The molecule has 19 heavy (non-hydrogen) atoms. The maximum atomic E-state index is 11.1. The van der Waals surface area contributed by atoms with Crippen LogP contribution in [-0.2, 0) is 0 Å². The van der Waals surface area contributed by atoms with Crippen LogP contribution in [-0.4, -0.2) is 4.92 Å². The lowest BCUT2D eigenvalue weighted by atomic mass is 10.2. The molecule has 1 heterocycles. The molecule has 0 saturated carbocycles. The summed E-state index contributed by atoms with van der Waals surface area (Å²) in [6, 6.07) is 9.47. The van der Waals surface area contributed by atoms with Crippen LogP contribution >= 0.6 is 15.9 Å². The largest absolute Gasteiger partial charge is 0.871 e. The molecule has 2 aromatic rings. The van der Waals surface area contributed by atoms with Crippen LogP contribution in [0, 0.1) is 21.4 Å². The Morgan fingerprint density at radius 3 is 2.26 bits per heavy atom. The number of non-ortho nitro benzene ring substituents is 1. The van der Waals surface area contributed by atoms with Gasteiger partial charge in [0.1, 0.15) is 0 Å². The van der Waals surface area contributed by atoms with E-state index in [0.29, 0.717) is 0 Å². The van der Waals surface area contributed by atoms with E-state index in [2.05, 4.69) is 20.9 Å². The molecule has 0 fully saturated rings. The van der Waals surface area contributed by atoms with Gasteiger partial charge in [-0.2, -0.15) is 5.26 Å². The number of aromatic amines is 1. The van der Waals surface area contributed by atoms with Crippen LogP contribution in [0.2, 0.25) is 0 Å². The molecular formula is C12H8BrN3O3. The number of aromatic nitrogens is 1. The minimum absolute atomic E-state index is 0.0262. The summed E-state index contributed by atoms with van der Waals surface area (Å²) < 4.78 is 0.0262. The summed E-state index contributed by atoms with van der Waals surface area (Å²) in [5.74, 6) is -0.534. The van der Waals surface area contributed by atoms with Gasteiger partial charge in [-0.25, -0.2) is 4.98 Å². The first-order valence-electron chi connectivity index (χ1n) is 5.02. The highest BCUT2D eigenvalue weighted by atomic mass is 79.9. The number of nitriles is 1. The summed E-state index contributed by atoms with van der Waals surface area (Å²) in [4.78, 5) is 12.5. The van der Waals surface area contributed by atoms with E-state index in [1.54, 1.807) is 6.07 Å². The third-order valence-electron chi connectivity index (χ3n) is 1.97. The van der Waals surface area contributed by atoms with Crippen molar-refractivity contribution in [2.45, 2.75) is 0 Å². The first-order valence-corrected chi connectivity index (χ1v) is 5.81. The second-order valence-electron chi connectivity index (χ2n) is 3.25. The van der Waals surface area contributed by atoms with Crippen LogP contribution < -0.4 is 10.1 Å². The first-order chi connectivity index (χ1) is 9.06. The van der Waals surface area contributed by atoms with E-state index in [1.165, 1.54) is 0 Å². The number of nitro benzene ring substituents is 1. The normalized spacial score (nSPS) is 8.84.